The highest BCUT2D eigenvalue weighted by Crippen LogP contribution is 2.40. The molecule has 1 aliphatic rings. The predicted molar refractivity (Wildman–Crippen MR) is 116 cm³/mol. The van der Waals surface area contributed by atoms with Gasteiger partial charge in [0.25, 0.3) is 0 Å². The maximum Gasteiger partial charge on any atom is 0.237 e. The molecule has 1 amide bonds. The number of fused-ring (bicyclic) bond motifs is 1. The largest absolute Gasteiger partial charge is 0.340 e. The summed E-state index contributed by atoms with van der Waals surface area (Å²) >= 11 is 6.09. The van der Waals surface area contributed by atoms with E-state index in [9.17, 15) is 13.6 Å². The van der Waals surface area contributed by atoms with Crippen LogP contribution in [0.5, 0.6) is 0 Å². The lowest BCUT2D eigenvalue weighted by molar-refractivity contribution is -0.137. The molecule has 0 unspecified atom stereocenters. The molecule has 3 N–H and O–H groups in total. The Labute approximate surface area is 183 Å². The number of carbonyl (C=O) groups is 1. The molecule has 9 heteroatoms. The number of imidazole rings is 1. The van der Waals surface area contributed by atoms with Crippen molar-refractivity contribution in [3.8, 4) is 11.3 Å². The lowest BCUT2D eigenvalue weighted by Gasteiger charge is -2.42. The first kappa shape index (κ1) is 21.3. The summed E-state index contributed by atoms with van der Waals surface area (Å²) in [6, 6.07) is 10.1. The summed E-state index contributed by atoms with van der Waals surface area (Å²) in [4.78, 5) is 18.9. The van der Waals surface area contributed by atoms with Crippen molar-refractivity contribution in [2.75, 3.05) is 18.4 Å². The number of rotatable bonds is 4. The lowest BCUT2D eigenvalue weighted by atomic mass is 9.99. The van der Waals surface area contributed by atoms with Crippen LogP contribution >= 0.6 is 11.6 Å². The van der Waals surface area contributed by atoms with Crippen molar-refractivity contribution in [2.24, 2.45) is 5.73 Å². The van der Waals surface area contributed by atoms with Gasteiger partial charge in [0, 0.05) is 29.4 Å². The van der Waals surface area contributed by atoms with Gasteiger partial charge in [-0.2, -0.15) is 0 Å². The van der Waals surface area contributed by atoms with Crippen LogP contribution in [0.25, 0.3) is 11.3 Å². The summed E-state index contributed by atoms with van der Waals surface area (Å²) < 4.78 is 29.5. The number of benzene rings is 2. The first-order chi connectivity index (χ1) is 14.7. The topological polar surface area (TPSA) is 76.2 Å². The van der Waals surface area contributed by atoms with E-state index >= 15 is 0 Å². The second-order valence-electron chi connectivity index (χ2n) is 7.88. The third-order valence-corrected chi connectivity index (χ3v) is 5.67. The fourth-order valence-corrected chi connectivity index (χ4v) is 4.19. The predicted octanol–water partition coefficient (Wildman–Crippen LogP) is 4.26. The molecule has 4 rings (SSSR count). The highest BCUT2D eigenvalue weighted by molar-refractivity contribution is 6.30. The van der Waals surface area contributed by atoms with E-state index in [-0.39, 0.29) is 23.3 Å². The summed E-state index contributed by atoms with van der Waals surface area (Å²) in [5.74, 6) is 0.217. The summed E-state index contributed by atoms with van der Waals surface area (Å²) in [6.45, 7) is 4.58. The number of amides is 1. The number of carbonyl (C=O) groups excluding carboxylic acids is 1. The second-order valence-corrected chi connectivity index (χ2v) is 8.32. The number of aromatic nitrogens is 2. The first-order valence-electron chi connectivity index (χ1n) is 9.81. The average Bonchev–Trinajstić information content (AvgIpc) is 3.08. The van der Waals surface area contributed by atoms with Crippen LogP contribution < -0.4 is 11.1 Å². The summed E-state index contributed by atoms with van der Waals surface area (Å²) in [5, 5.41) is 3.52. The minimum Gasteiger partial charge on any atom is -0.340 e. The van der Waals surface area contributed by atoms with E-state index in [2.05, 4.69) is 5.32 Å². The monoisotopic (exact) mass is 445 g/mol. The van der Waals surface area contributed by atoms with Gasteiger partial charge in [-0.05, 0) is 56.3 Å². The highest BCUT2D eigenvalue weighted by atomic mass is 35.5. The Morgan fingerprint density at radius 1 is 1.16 bits per heavy atom. The zero-order valence-electron chi connectivity index (χ0n) is 17.1. The van der Waals surface area contributed by atoms with Crippen molar-refractivity contribution in [2.45, 2.75) is 25.9 Å². The van der Waals surface area contributed by atoms with Gasteiger partial charge < -0.3 is 20.5 Å². The maximum atomic E-state index is 14.1. The van der Waals surface area contributed by atoms with E-state index < -0.39 is 11.4 Å². The average molecular weight is 446 g/mol. The third kappa shape index (κ3) is 3.88. The van der Waals surface area contributed by atoms with Gasteiger partial charge in [-0.25, -0.2) is 13.8 Å². The molecule has 162 valence electrons. The van der Waals surface area contributed by atoms with Gasteiger partial charge in [0.05, 0.1) is 12.1 Å². The molecule has 0 radical (unpaired) electrons. The molecule has 0 saturated carbocycles. The smallest absolute Gasteiger partial charge is 0.237 e. The Balaban J connectivity index is 1.89. The molecule has 2 heterocycles. The molecule has 1 aliphatic heterocycles. The van der Waals surface area contributed by atoms with Gasteiger partial charge in [0.1, 0.15) is 29.0 Å². The number of anilines is 2. The molecule has 0 saturated heterocycles. The lowest BCUT2D eigenvalue weighted by Crippen LogP contribution is -2.53. The van der Waals surface area contributed by atoms with Gasteiger partial charge in [-0.15, -0.1) is 0 Å². The zero-order chi connectivity index (χ0) is 22.3. The Kier molecular flexibility index (Phi) is 5.45. The fourth-order valence-electron chi connectivity index (χ4n) is 3.97. The Morgan fingerprint density at radius 3 is 2.52 bits per heavy atom. The van der Waals surface area contributed by atoms with Crippen LogP contribution in [-0.4, -0.2) is 33.4 Å². The maximum absolute atomic E-state index is 14.1. The van der Waals surface area contributed by atoms with Crippen molar-refractivity contribution in [1.29, 1.82) is 0 Å². The molecule has 0 spiro atoms. The van der Waals surface area contributed by atoms with Crippen molar-refractivity contribution in [3.63, 3.8) is 0 Å². The van der Waals surface area contributed by atoms with E-state index in [0.29, 0.717) is 41.7 Å². The molecule has 0 aliphatic carbocycles. The summed E-state index contributed by atoms with van der Waals surface area (Å²) in [6.07, 6.45) is 0. The van der Waals surface area contributed by atoms with E-state index in [1.807, 2.05) is 18.4 Å². The van der Waals surface area contributed by atoms with Gasteiger partial charge >= 0.3 is 0 Å². The van der Waals surface area contributed by atoms with E-state index in [4.69, 9.17) is 22.3 Å². The van der Waals surface area contributed by atoms with Gasteiger partial charge in [-0.3, -0.25) is 4.79 Å². The Morgan fingerprint density at radius 2 is 1.87 bits per heavy atom. The van der Waals surface area contributed by atoms with Crippen LogP contribution in [0.1, 0.15) is 19.7 Å². The third-order valence-electron chi connectivity index (χ3n) is 5.46. The van der Waals surface area contributed by atoms with Crippen LogP contribution in [0.15, 0.2) is 42.5 Å². The normalized spacial score (nSPS) is 15.0. The Hall–Kier alpha value is -2.97. The van der Waals surface area contributed by atoms with E-state index in [0.717, 1.165) is 0 Å². The highest BCUT2D eigenvalue weighted by Gasteiger charge is 2.41. The molecule has 0 atom stereocenters. The van der Waals surface area contributed by atoms with Crippen LogP contribution in [0.4, 0.5) is 20.3 Å². The first-order valence-corrected chi connectivity index (χ1v) is 10.2. The number of nitrogens with one attached hydrogen (secondary N) is 1. The molecule has 2 aromatic carbocycles. The van der Waals surface area contributed by atoms with Crippen molar-refractivity contribution >= 4 is 29.0 Å². The molecule has 3 aromatic rings. The molecule has 0 bridgehead atoms. The van der Waals surface area contributed by atoms with Crippen LogP contribution in [0.2, 0.25) is 5.02 Å². The van der Waals surface area contributed by atoms with Crippen molar-refractivity contribution < 1.29 is 13.6 Å². The molecule has 31 heavy (non-hydrogen) atoms. The number of nitrogens with two attached hydrogens (primary N) is 1. The standard InChI is InChI=1S/C22H22ClF2N5O/c1-22(2)21-28-19(13-9-14(23)11-16(25)10-13)20(27-17-5-3-15(24)4-6-17)29(21)7-8-30(22)18(31)12-26/h3-6,9-11,27H,7-8,12,26H2,1-2H3. The number of hydrogen-bond acceptors (Lipinski definition) is 4. The molecule has 0 fully saturated rings. The minimum atomic E-state index is -0.747. The van der Waals surface area contributed by atoms with Gasteiger partial charge in [-0.1, -0.05) is 11.6 Å². The number of hydrogen-bond donors (Lipinski definition) is 2. The zero-order valence-corrected chi connectivity index (χ0v) is 17.9. The van der Waals surface area contributed by atoms with Crippen LogP contribution in [-0.2, 0) is 16.9 Å². The van der Waals surface area contributed by atoms with Crippen molar-refractivity contribution in [3.05, 3.63) is 64.9 Å². The molecular formula is C22H22ClF2N5O. The SMILES string of the molecule is CC1(C)c2nc(-c3cc(F)cc(Cl)c3)c(Nc3ccc(F)cc3)n2CCN1C(=O)CN. The molecular weight excluding hydrogens is 424 g/mol. The summed E-state index contributed by atoms with van der Waals surface area (Å²) in [5.41, 5.74) is 6.47. The molecule has 1 aromatic heterocycles. The Bertz CT molecular complexity index is 1120. The minimum absolute atomic E-state index is 0.100. The van der Waals surface area contributed by atoms with E-state index in [1.54, 1.807) is 23.1 Å². The molecule has 6 nitrogen and oxygen atoms in total. The van der Waals surface area contributed by atoms with Gasteiger partial charge in [0.15, 0.2) is 0 Å². The summed E-state index contributed by atoms with van der Waals surface area (Å²) in [7, 11) is 0. The quantitative estimate of drug-likeness (QED) is 0.629. The van der Waals surface area contributed by atoms with Gasteiger partial charge in [0.2, 0.25) is 5.91 Å². The number of nitrogens with zero attached hydrogens (tertiary/aromatic N) is 3. The van der Waals surface area contributed by atoms with E-state index in [1.165, 1.54) is 24.3 Å². The number of halogens is 3. The van der Waals surface area contributed by atoms with Crippen LogP contribution in [0, 0.1) is 11.6 Å². The fraction of sp³-hybridized carbons (Fsp3) is 0.273. The van der Waals surface area contributed by atoms with Crippen molar-refractivity contribution in [1.82, 2.24) is 14.5 Å². The second kappa shape index (κ2) is 7.94. The van der Waals surface area contributed by atoms with Crippen LogP contribution in [0.3, 0.4) is 0 Å².